The minimum Gasteiger partial charge on any atom is -0.335 e. The highest BCUT2D eigenvalue weighted by Gasteiger charge is 2.37. The van der Waals surface area contributed by atoms with Gasteiger partial charge < -0.3 is 9.80 Å². The first-order valence-electron chi connectivity index (χ1n) is 11.4. The number of halogens is 1. The lowest BCUT2D eigenvalue weighted by Crippen LogP contribution is -2.64. The van der Waals surface area contributed by atoms with Crippen LogP contribution in [0.1, 0.15) is 20.8 Å². The highest BCUT2D eigenvalue weighted by atomic mass is 32.1. The fraction of sp³-hybridized carbons (Fsp3) is 0.292. The van der Waals surface area contributed by atoms with Crippen molar-refractivity contribution in [2.75, 3.05) is 39.3 Å². The summed E-state index contributed by atoms with van der Waals surface area (Å²) in [6.07, 6.45) is 4.07. The van der Waals surface area contributed by atoms with Crippen molar-refractivity contribution in [1.82, 2.24) is 34.2 Å². The number of likely N-dealkylation sites (tertiary alicyclic amines) is 1. The summed E-state index contributed by atoms with van der Waals surface area (Å²) in [7, 11) is 0. The van der Waals surface area contributed by atoms with E-state index >= 15 is 0 Å². The van der Waals surface area contributed by atoms with Crippen molar-refractivity contribution in [3.8, 4) is 5.95 Å². The summed E-state index contributed by atoms with van der Waals surface area (Å²) in [5, 5.41) is 2.68. The van der Waals surface area contributed by atoms with Gasteiger partial charge in [-0.05, 0) is 24.3 Å². The third kappa shape index (κ3) is 4.06. The summed E-state index contributed by atoms with van der Waals surface area (Å²) in [4.78, 5) is 43.8. The van der Waals surface area contributed by atoms with Crippen LogP contribution in [0.5, 0.6) is 0 Å². The molecule has 0 radical (unpaired) electrons. The SMILES string of the molecule is O=C(c1ccc2c(ccn2-c2ncc(F)cn2)c1)N1CC(N2CCN(C(=O)c3cscn3)CC2)C1. The maximum absolute atomic E-state index is 13.2. The van der Waals surface area contributed by atoms with Gasteiger partial charge in [-0.2, -0.15) is 0 Å². The third-order valence-electron chi connectivity index (χ3n) is 6.68. The predicted octanol–water partition coefficient (Wildman–Crippen LogP) is 2.30. The van der Waals surface area contributed by atoms with E-state index in [1.54, 1.807) is 21.5 Å². The maximum Gasteiger partial charge on any atom is 0.273 e. The molecule has 0 unspecified atom stereocenters. The van der Waals surface area contributed by atoms with Gasteiger partial charge in [-0.15, -0.1) is 11.3 Å². The van der Waals surface area contributed by atoms with Gasteiger partial charge in [0.15, 0.2) is 5.82 Å². The molecule has 5 heterocycles. The Morgan fingerprint density at radius 2 is 1.71 bits per heavy atom. The zero-order valence-corrected chi connectivity index (χ0v) is 19.6. The number of piperazine rings is 1. The normalized spacial score (nSPS) is 17.1. The minimum atomic E-state index is -0.489. The fourth-order valence-corrected chi connectivity index (χ4v) is 5.21. The number of fused-ring (bicyclic) bond motifs is 1. The molecule has 9 nitrogen and oxygen atoms in total. The molecule has 2 saturated heterocycles. The summed E-state index contributed by atoms with van der Waals surface area (Å²) in [6, 6.07) is 7.75. The molecule has 3 aromatic heterocycles. The van der Waals surface area contributed by atoms with E-state index in [0.29, 0.717) is 49.4 Å². The van der Waals surface area contributed by atoms with Gasteiger partial charge in [0, 0.05) is 67.8 Å². The summed E-state index contributed by atoms with van der Waals surface area (Å²) in [5.74, 6) is -0.116. The Morgan fingerprint density at radius 3 is 2.43 bits per heavy atom. The van der Waals surface area contributed by atoms with Crippen molar-refractivity contribution in [2.24, 2.45) is 0 Å². The number of thiazole rings is 1. The molecular weight excluding hydrogens is 469 g/mol. The first-order chi connectivity index (χ1) is 17.1. The molecule has 35 heavy (non-hydrogen) atoms. The van der Waals surface area contributed by atoms with E-state index in [4.69, 9.17) is 0 Å². The topological polar surface area (TPSA) is 87.5 Å². The van der Waals surface area contributed by atoms with Crippen LogP contribution in [-0.2, 0) is 0 Å². The molecule has 0 bridgehead atoms. The largest absolute Gasteiger partial charge is 0.335 e. The van der Waals surface area contributed by atoms with Crippen LogP contribution in [0.4, 0.5) is 4.39 Å². The molecule has 178 valence electrons. The minimum absolute atomic E-state index is 0.00581. The maximum atomic E-state index is 13.2. The van der Waals surface area contributed by atoms with Crippen LogP contribution in [0.15, 0.2) is 53.7 Å². The molecule has 0 saturated carbocycles. The number of carbonyl (C=O) groups excluding carboxylic acids is 2. The van der Waals surface area contributed by atoms with Gasteiger partial charge in [0.25, 0.3) is 11.8 Å². The number of amides is 2. The first kappa shape index (κ1) is 21.8. The molecule has 0 N–H and O–H groups in total. The number of aromatic nitrogens is 4. The van der Waals surface area contributed by atoms with E-state index in [0.717, 1.165) is 36.4 Å². The molecule has 2 aliphatic rings. The van der Waals surface area contributed by atoms with Crippen molar-refractivity contribution < 1.29 is 14.0 Å². The molecule has 2 amide bonds. The van der Waals surface area contributed by atoms with E-state index in [1.165, 1.54) is 11.3 Å². The second kappa shape index (κ2) is 8.82. The average Bonchev–Trinajstić information content (AvgIpc) is 3.54. The van der Waals surface area contributed by atoms with Crippen LogP contribution in [-0.4, -0.2) is 91.3 Å². The molecule has 6 rings (SSSR count). The van der Waals surface area contributed by atoms with Crippen molar-refractivity contribution in [3.63, 3.8) is 0 Å². The summed E-state index contributed by atoms with van der Waals surface area (Å²) in [5.41, 5.74) is 3.67. The Bertz CT molecular complexity index is 1370. The number of rotatable bonds is 4. The van der Waals surface area contributed by atoms with Crippen molar-refractivity contribution >= 4 is 34.1 Å². The van der Waals surface area contributed by atoms with Gasteiger partial charge in [-0.1, -0.05) is 0 Å². The van der Waals surface area contributed by atoms with Crippen LogP contribution in [0.3, 0.4) is 0 Å². The monoisotopic (exact) mass is 491 g/mol. The van der Waals surface area contributed by atoms with Crippen LogP contribution < -0.4 is 0 Å². The van der Waals surface area contributed by atoms with Crippen LogP contribution >= 0.6 is 11.3 Å². The quantitative estimate of drug-likeness (QED) is 0.435. The zero-order valence-electron chi connectivity index (χ0n) is 18.7. The molecule has 0 atom stereocenters. The molecule has 0 spiro atoms. The lowest BCUT2D eigenvalue weighted by atomic mass is 10.0. The first-order valence-corrected chi connectivity index (χ1v) is 12.3. The standard InChI is InChI=1S/C24H22FN7O2S/c25-18-10-26-24(27-11-18)32-4-3-16-9-17(1-2-21(16)32)22(33)31-12-19(13-31)29-5-7-30(8-6-29)23(34)20-14-35-15-28-20/h1-4,9-11,14-15,19H,5-8,12-13H2. The van der Waals surface area contributed by atoms with E-state index in [1.807, 2.05) is 34.2 Å². The Hall–Kier alpha value is -3.70. The van der Waals surface area contributed by atoms with Gasteiger partial charge in [-0.25, -0.2) is 19.3 Å². The molecule has 11 heteroatoms. The Labute approximate surface area is 204 Å². The van der Waals surface area contributed by atoms with Gasteiger partial charge in [0.2, 0.25) is 5.95 Å². The molecule has 0 aliphatic carbocycles. The van der Waals surface area contributed by atoms with Crippen molar-refractivity contribution in [1.29, 1.82) is 0 Å². The Morgan fingerprint density at radius 1 is 0.943 bits per heavy atom. The van der Waals surface area contributed by atoms with Crippen molar-refractivity contribution in [3.05, 3.63) is 70.8 Å². The lowest BCUT2D eigenvalue weighted by Gasteiger charge is -2.48. The average molecular weight is 492 g/mol. The number of nitrogens with zero attached hydrogens (tertiary/aromatic N) is 7. The molecular formula is C24H22FN7O2S. The number of carbonyl (C=O) groups is 2. The number of hydrogen-bond donors (Lipinski definition) is 0. The predicted molar refractivity (Wildman–Crippen MR) is 128 cm³/mol. The van der Waals surface area contributed by atoms with Crippen LogP contribution in [0.25, 0.3) is 16.9 Å². The van der Waals surface area contributed by atoms with E-state index in [-0.39, 0.29) is 11.8 Å². The Kier molecular flexibility index (Phi) is 5.50. The Balaban J connectivity index is 1.06. The van der Waals surface area contributed by atoms with Crippen LogP contribution in [0, 0.1) is 5.82 Å². The van der Waals surface area contributed by atoms with Gasteiger partial charge >= 0.3 is 0 Å². The number of hydrogen-bond acceptors (Lipinski definition) is 7. The smallest absolute Gasteiger partial charge is 0.273 e. The highest BCUT2D eigenvalue weighted by molar-refractivity contribution is 7.07. The molecule has 2 aliphatic heterocycles. The molecule has 4 aromatic rings. The van der Waals surface area contributed by atoms with E-state index in [2.05, 4.69) is 19.9 Å². The second-order valence-corrected chi connectivity index (χ2v) is 9.45. The second-order valence-electron chi connectivity index (χ2n) is 8.73. The highest BCUT2D eigenvalue weighted by Crippen LogP contribution is 2.24. The van der Waals surface area contributed by atoms with Crippen LogP contribution in [0.2, 0.25) is 0 Å². The van der Waals surface area contributed by atoms with E-state index < -0.39 is 5.82 Å². The van der Waals surface area contributed by atoms with Crippen molar-refractivity contribution in [2.45, 2.75) is 6.04 Å². The van der Waals surface area contributed by atoms with Gasteiger partial charge in [-0.3, -0.25) is 19.1 Å². The molecule has 2 fully saturated rings. The fourth-order valence-electron chi connectivity index (χ4n) is 4.68. The van der Waals surface area contributed by atoms with E-state index in [9.17, 15) is 14.0 Å². The van der Waals surface area contributed by atoms with Gasteiger partial charge in [0.1, 0.15) is 5.69 Å². The molecule has 1 aromatic carbocycles. The van der Waals surface area contributed by atoms with Gasteiger partial charge in [0.05, 0.1) is 23.4 Å². The lowest BCUT2D eigenvalue weighted by molar-refractivity contribution is 0.00845. The summed E-state index contributed by atoms with van der Waals surface area (Å²) >= 11 is 1.43. The zero-order chi connectivity index (χ0) is 23.9. The summed E-state index contributed by atoms with van der Waals surface area (Å²) in [6.45, 7) is 4.31. The number of benzene rings is 1. The summed E-state index contributed by atoms with van der Waals surface area (Å²) < 4.78 is 14.9. The third-order valence-corrected chi connectivity index (χ3v) is 7.26.